The molecule has 5 heteroatoms. The Morgan fingerprint density at radius 2 is 1.82 bits per heavy atom. The zero-order valence-corrected chi connectivity index (χ0v) is 10.0. The molecule has 0 bridgehead atoms. The molecule has 0 radical (unpaired) electrons. The minimum Gasteiger partial charge on any atom is -0.335 e. The molecule has 84 valence electrons. The van der Waals surface area contributed by atoms with Crippen LogP contribution in [0.1, 0.15) is 5.69 Å². The second kappa shape index (κ2) is 3.78. The van der Waals surface area contributed by atoms with Crippen LogP contribution in [-0.2, 0) is 0 Å². The van der Waals surface area contributed by atoms with Gasteiger partial charge in [-0.3, -0.25) is 0 Å². The molecule has 17 heavy (non-hydrogen) atoms. The molecule has 2 heterocycles. The van der Waals surface area contributed by atoms with Crippen molar-refractivity contribution in [3.05, 3.63) is 40.8 Å². The van der Waals surface area contributed by atoms with E-state index in [2.05, 4.69) is 19.9 Å². The molecular formula is C12H10N4S. The lowest BCUT2D eigenvalue weighted by atomic mass is 10.2. The van der Waals surface area contributed by atoms with Crippen molar-refractivity contribution in [2.45, 2.75) is 6.92 Å². The van der Waals surface area contributed by atoms with E-state index in [4.69, 9.17) is 12.2 Å². The van der Waals surface area contributed by atoms with Crippen molar-refractivity contribution in [3.8, 4) is 11.4 Å². The van der Waals surface area contributed by atoms with Crippen molar-refractivity contribution in [2.24, 2.45) is 0 Å². The van der Waals surface area contributed by atoms with Gasteiger partial charge in [0.1, 0.15) is 11.3 Å². The fourth-order valence-electron chi connectivity index (χ4n) is 1.79. The Labute approximate surface area is 103 Å². The van der Waals surface area contributed by atoms with E-state index in [1.165, 1.54) is 0 Å². The highest BCUT2D eigenvalue weighted by Crippen LogP contribution is 2.19. The maximum absolute atomic E-state index is 5.03. The van der Waals surface area contributed by atoms with Crippen molar-refractivity contribution in [3.63, 3.8) is 0 Å². The molecule has 0 amide bonds. The average Bonchev–Trinajstić information content (AvgIpc) is 2.74. The molecule has 3 aromatic rings. The first-order chi connectivity index (χ1) is 8.24. The molecule has 0 aliphatic carbocycles. The van der Waals surface area contributed by atoms with E-state index < -0.39 is 0 Å². The number of rotatable bonds is 1. The summed E-state index contributed by atoms with van der Waals surface area (Å²) in [7, 11) is 0. The topological polar surface area (TPSA) is 57.4 Å². The maximum Gasteiger partial charge on any atom is 0.199 e. The number of nitrogens with one attached hydrogen (secondary N) is 2. The van der Waals surface area contributed by atoms with Crippen LogP contribution in [0.2, 0.25) is 0 Å². The summed E-state index contributed by atoms with van der Waals surface area (Å²) in [6.07, 6.45) is 0. The summed E-state index contributed by atoms with van der Waals surface area (Å²) in [6.45, 7) is 1.95. The molecule has 0 fully saturated rings. The summed E-state index contributed by atoms with van der Waals surface area (Å²) in [5.74, 6) is 0.810. The predicted molar refractivity (Wildman–Crippen MR) is 69.2 cm³/mol. The van der Waals surface area contributed by atoms with E-state index in [0.29, 0.717) is 10.4 Å². The lowest BCUT2D eigenvalue weighted by molar-refractivity contribution is 1.11. The average molecular weight is 242 g/mol. The highest BCUT2D eigenvalue weighted by molar-refractivity contribution is 7.71. The van der Waals surface area contributed by atoms with Crippen LogP contribution in [-0.4, -0.2) is 19.9 Å². The number of nitrogens with zero attached hydrogens (tertiary/aromatic N) is 2. The van der Waals surface area contributed by atoms with Crippen LogP contribution in [0.15, 0.2) is 30.3 Å². The standard InChI is InChI=1S/C12H10N4S/c1-7-9-11(16-12(17)13-7)15-10(14-9)8-5-3-2-4-6-8/h2-6H,1H3,(H2,13,14,15,16,17). The number of benzene rings is 1. The molecule has 3 rings (SSSR count). The molecule has 4 nitrogen and oxygen atoms in total. The van der Waals surface area contributed by atoms with Crippen LogP contribution in [0.25, 0.3) is 22.6 Å². The fraction of sp³-hybridized carbons (Fsp3) is 0.0833. The third kappa shape index (κ3) is 1.74. The molecule has 2 aromatic heterocycles. The van der Waals surface area contributed by atoms with Gasteiger partial charge >= 0.3 is 0 Å². The molecule has 0 unspecified atom stereocenters. The lowest BCUT2D eigenvalue weighted by Crippen LogP contribution is -1.87. The van der Waals surface area contributed by atoms with Gasteiger partial charge in [0, 0.05) is 11.3 Å². The normalized spacial score (nSPS) is 10.9. The minimum atomic E-state index is 0.459. The van der Waals surface area contributed by atoms with Crippen molar-refractivity contribution in [2.75, 3.05) is 0 Å². The van der Waals surface area contributed by atoms with Gasteiger partial charge in [0.25, 0.3) is 0 Å². The number of hydrogen-bond acceptors (Lipinski definition) is 3. The van der Waals surface area contributed by atoms with E-state index in [1.807, 2.05) is 37.3 Å². The first kappa shape index (κ1) is 10.2. The monoisotopic (exact) mass is 242 g/mol. The van der Waals surface area contributed by atoms with Crippen molar-refractivity contribution in [1.82, 2.24) is 19.9 Å². The van der Waals surface area contributed by atoms with Crippen LogP contribution >= 0.6 is 12.2 Å². The molecule has 0 spiro atoms. The van der Waals surface area contributed by atoms with Crippen molar-refractivity contribution in [1.29, 1.82) is 0 Å². The van der Waals surface area contributed by atoms with Gasteiger partial charge in [-0.2, -0.15) is 4.98 Å². The summed E-state index contributed by atoms with van der Waals surface area (Å²) in [4.78, 5) is 14.9. The number of aromatic amines is 2. The molecule has 1 aromatic carbocycles. The first-order valence-corrected chi connectivity index (χ1v) is 5.67. The third-order valence-corrected chi connectivity index (χ3v) is 2.80. The van der Waals surface area contributed by atoms with Crippen LogP contribution in [0, 0.1) is 11.7 Å². The van der Waals surface area contributed by atoms with Crippen LogP contribution < -0.4 is 0 Å². The van der Waals surface area contributed by atoms with Gasteiger partial charge in [-0.05, 0) is 19.1 Å². The second-order valence-electron chi connectivity index (χ2n) is 3.82. The van der Waals surface area contributed by atoms with Gasteiger partial charge in [-0.15, -0.1) is 0 Å². The Bertz CT molecular complexity index is 727. The van der Waals surface area contributed by atoms with E-state index in [0.717, 1.165) is 22.6 Å². The summed E-state index contributed by atoms with van der Waals surface area (Å²) >= 11 is 5.03. The van der Waals surface area contributed by atoms with Gasteiger partial charge in [0.2, 0.25) is 0 Å². The molecule has 0 atom stereocenters. The summed E-state index contributed by atoms with van der Waals surface area (Å²) in [5, 5.41) is 0. The Balaban J connectivity index is 2.27. The second-order valence-corrected chi connectivity index (χ2v) is 4.20. The number of hydrogen-bond donors (Lipinski definition) is 2. The minimum absolute atomic E-state index is 0.459. The van der Waals surface area contributed by atoms with E-state index in [9.17, 15) is 0 Å². The van der Waals surface area contributed by atoms with Crippen molar-refractivity contribution >= 4 is 23.4 Å². The summed E-state index contributed by atoms with van der Waals surface area (Å²) < 4.78 is 0.459. The van der Waals surface area contributed by atoms with Crippen LogP contribution in [0.3, 0.4) is 0 Å². The number of H-pyrrole nitrogens is 2. The number of fused-ring (bicyclic) bond motifs is 1. The first-order valence-electron chi connectivity index (χ1n) is 5.26. The molecule has 2 N–H and O–H groups in total. The molecule has 0 saturated heterocycles. The zero-order valence-electron chi connectivity index (χ0n) is 9.19. The highest BCUT2D eigenvalue weighted by atomic mass is 32.1. The number of imidazole rings is 1. The lowest BCUT2D eigenvalue weighted by Gasteiger charge is -1.94. The predicted octanol–water partition coefficient (Wildman–Crippen LogP) is 2.99. The molecular weight excluding hydrogens is 232 g/mol. The highest BCUT2D eigenvalue weighted by Gasteiger charge is 2.07. The van der Waals surface area contributed by atoms with E-state index >= 15 is 0 Å². The van der Waals surface area contributed by atoms with Gasteiger partial charge in [-0.1, -0.05) is 30.3 Å². The van der Waals surface area contributed by atoms with Gasteiger partial charge < -0.3 is 9.97 Å². The van der Waals surface area contributed by atoms with E-state index in [1.54, 1.807) is 0 Å². The van der Waals surface area contributed by atoms with Gasteiger partial charge in [0.05, 0.1) is 0 Å². The largest absolute Gasteiger partial charge is 0.335 e. The van der Waals surface area contributed by atoms with Gasteiger partial charge in [0.15, 0.2) is 10.4 Å². The fourth-order valence-corrected chi connectivity index (χ4v) is 2.03. The Morgan fingerprint density at radius 1 is 1.06 bits per heavy atom. The smallest absolute Gasteiger partial charge is 0.199 e. The molecule has 0 aliphatic heterocycles. The maximum atomic E-state index is 5.03. The Morgan fingerprint density at radius 3 is 2.59 bits per heavy atom. The summed E-state index contributed by atoms with van der Waals surface area (Å²) in [5.41, 5.74) is 3.55. The number of aromatic nitrogens is 4. The summed E-state index contributed by atoms with van der Waals surface area (Å²) in [6, 6.07) is 9.95. The quantitative estimate of drug-likeness (QED) is 0.645. The van der Waals surface area contributed by atoms with Crippen LogP contribution in [0.4, 0.5) is 0 Å². The third-order valence-electron chi connectivity index (χ3n) is 2.61. The number of aryl methyl sites for hydroxylation is 1. The van der Waals surface area contributed by atoms with Crippen LogP contribution in [0.5, 0.6) is 0 Å². The zero-order chi connectivity index (χ0) is 11.8. The Kier molecular flexibility index (Phi) is 2.26. The molecule has 0 saturated carbocycles. The van der Waals surface area contributed by atoms with Crippen molar-refractivity contribution < 1.29 is 0 Å². The molecule has 0 aliphatic rings. The van der Waals surface area contributed by atoms with Gasteiger partial charge in [-0.25, -0.2) is 4.98 Å². The van der Waals surface area contributed by atoms with E-state index in [-0.39, 0.29) is 0 Å². The SMILES string of the molecule is Cc1[nH]c(=S)nc2nc(-c3ccccc3)[nH]c12. The Hall–Kier alpha value is -2.01.